The maximum Gasteiger partial charge on any atom is 0.335 e. The van der Waals surface area contributed by atoms with E-state index < -0.39 is 5.97 Å². The van der Waals surface area contributed by atoms with E-state index in [-0.39, 0.29) is 5.56 Å². The fourth-order valence-corrected chi connectivity index (χ4v) is 1.75. The van der Waals surface area contributed by atoms with Gasteiger partial charge >= 0.3 is 5.97 Å². The van der Waals surface area contributed by atoms with Crippen molar-refractivity contribution in [3.8, 4) is 6.07 Å². The molecular formula is C15H12N2O2. The number of anilines is 2. The predicted molar refractivity (Wildman–Crippen MR) is 72.6 cm³/mol. The van der Waals surface area contributed by atoms with Crippen LogP contribution < -0.4 is 5.32 Å². The Balaban J connectivity index is 2.34. The highest BCUT2D eigenvalue weighted by atomic mass is 16.4. The van der Waals surface area contributed by atoms with Crippen LogP contribution in [0.15, 0.2) is 42.5 Å². The van der Waals surface area contributed by atoms with Crippen molar-refractivity contribution in [2.45, 2.75) is 6.92 Å². The highest BCUT2D eigenvalue weighted by Gasteiger charge is 2.06. The van der Waals surface area contributed by atoms with Crippen molar-refractivity contribution in [1.29, 1.82) is 5.26 Å². The average molecular weight is 252 g/mol. The van der Waals surface area contributed by atoms with E-state index in [0.29, 0.717) is 16.9 Å². The van der Waals surface area contributed by atoms with Crippen molar-refractivity contribution < 1.29 is 9.90 Å². The van der Waals surface area contributed by atoms with E-state index >= 15 is 0 Å². The van der Waals surface area contributed by atoms with Crippen LogP contribution in [-0.4, -0.2) is 11.1 Å². The zero-order chi connectivity index (χ0) is 13.8. The van der Waals surface area contributed by atoms with E-state index in [0.717, 1.165) is 5.56 Å². The summed E-state index contributed by atoms with van der Waals surface area (Å²) in [6.07, 6.45) is 0. The van der Waals surface area contributed by atoms with Crippen LogP contribution in [0, 0.1) is 18.3 Å². The minimum Gasteiger partial charge on any atom is -0.478 e. The first-order valence-corrected chi connectivity index (χ1v) is 5.71. The van der Waals surface area contributed by atoms with Crippen molar-refractivity contribution in [3.63, 3.8) is 0 Å². The Morgan fingerprint density at radius 2 is 2.05 bits per heavy atom. The molecule has 0 aliphatic rings. The number of aryl methyl sites for hydroxylation is 1. The Morgan fingerprint density at radius 1 is 1.26 bits per heavy atom. The van der Waals surface area contributed by atoms with Gasteiger partial charge in [-0.1, -0.05) is 12.1 Å². The largest absolute Gasteiger partial charge is 0.478 e. The zero-order valence-electron chi connectivity index (χ0n) is 10.3. The molecule has 0 bridgehead atoms. The van der Waals surface area contributed by atoms with Gasteiger partial charge in [0.1, 0.15) is 6.07 Å². The number of nitriles is 1. The normalized spacial score (nSPS) is 9.68. The summed E-state index contributed by atoms with van der Waals surface area (Å²) in [6.45, 7) is 1.91. The summed E-state index contributed by atoms with van der Waals surface area (Å²) in [6, 6.07) is 14.1. The van der Waals surface area contributed by atoms with Gasteiger partial charge in [-0.05, 0) is 42.8 Å². The molecule has 0 fully saturated rings. The molecule has 4 heteroatoms. The van der Waals surface area contributed by atoms with Gasteiger partial charge in [0.2, 0.25) is 0 Å². The maximum absolute atomic E-state index is 10.9. The number of aromatic carboxylic acids is 1. The number of rotatable bonds is 3. The standard InChI is InChI=1S/C15H12N2O2/c1-10-5-6-14(12(7-10)9-16)17-13-4-2-3-11(8-13)15(18)19/h2-8,17H,1H3,(H,18,19). The van der Waals surface area contributed by atoms with Crippen molar-refractivity contribution in [2.24, 2.45) is 0 Å². The third-order valence-corrected chi connectivity index (χ3v) is 2.68. The summed E-state index contributed by atoms with van der Waals surface area (Å²) in [4.78, 5) is 10.9. The molecule has 4 nitrogen and oxygen atoms in total. The second kappa shape index (κ2) is 5.23. The van der Waals surface area contributed by atoms with Gasteiger partial charge in [0.25, 0.3) is 0 Å². The van der Waals surface area contributed by atoms with E-state index in [1.165, 1.54) is 12.1 Å². The number of carbonyl (C=O) groups is 1. The average Bonchev–Trinajstić information content (AvgIpc) is 2.41. The van der Waals surface area contributed by atoms with Crippen molar-refractivity contribution in [3.05, 3.63) is 59.2 Å². The van der Waals surface area contributed by atoms with Crippen LogP contribution in [-0.2, 0) is 0 Å². The highest BCUT2D eigenvalue weighted by molar-refractivity contribution is 5.89. The molecule has 2 aromatic carbocycles. The number of carboxylic acids is 1. The quantitative estimate of drug-likeness (QED) is 0.878. The lowest BCUT2D eigenvalue weighted by Crippen LogP contribution is -1.99. The predicted octanol–water partition coefficient (Wildman–Crippen LogP) is 3.31. The van der Waals surface area contributed by atoms with Crippen molar-refractivity contribution in [2.75, 3.05) is 5.32 Å². The molecule has 0 unspecified atom stereocenters. The summed E-state index contributed by atoms with van der Waals surface area (Å²) < 4.78 is 0. The molecule has 2 N–H and O–H groups in total. The van der Waals surface area contributed by atoms with Gasteiger partial charge in [-0.2, -0.15) is 5.26 Å². The van der Waals surface area contributed by atoms with Crippen LogP contribution in [0.5, 0.6) is 0 Å². The van der Waals surface area contributed by atoms with Crippen LogP contribution in [0.4, 0.5) is 11.4 Å². The first-order chi connectivity index (χ1) is 9.10. The fraction of sp³-hybridized carbons (Fsp3) is 0.0667. The van der Waals surface area contributed by atoms with Crippen LogP contribution in [0.2, 0.25) is 0 Å². The highest BCUT2D eigenvalue weighted by Crippen LogP contribution is 2.22. The minimum atomic E-state index is -0.979. The van der Waals surface area contributed by atoms with Gasteiger partial charge in [-0.3, -0.25) is 0 Å². The summed E-state index contributed by atoms with van der Waals surface area (Å²) in [5, 5.41) is 21.1. The van der Waals surface area contributed by atoms with E-state index in [1.54, 1.807) is 24.3 Å². The summed E-state index contributed by atoms with van der Waals surface area (Å²) in [5.41, 5.74) is 3.04. The van der Waals surface area contributed by atoms with Gasteiger partial charge in [0.15, 0.2) is 0 Å². The van der Waals surface area contributed by atoms with E-state index in [2.05, 4.69) is 11.4 Å². The summed E-state index contributed by atoms with van der Waals surface area (Å²) in [7, 11) is 0. The lowest BCUT2D eigenvalue weighted by atomic mass is 10.1. The molecule has 0 radical (unpaired) electrons. The Hall–Kier alpha value is -2.80. The van der Waals surface area contributed by atoms with E-state index in [9.17, 15) is 4.79 Å². The van der Waals surface area contributed by atoms with Gasteiger partial charge in [0.05, 0.1) is 16.8 Å². The van der Waals surface area contributed by atoms with Crippen molar-refractivity contribution in [1.82, 2.24) is 0 Å². The van der Waals surface area contributed by atoms with Crippen LogP contribution >= 0.6 is 0 Å². The molecular weight excluding hydrogens is 240 g/mol. The fourth-order valence-electron chi connectivity index (χ4n) is 1.75. The lowest BCUT2D eigenvalue weighted by Gasteiger charge is -2.09. The van der Waals surface area contributed by atoms with Crippen LogP contribution in [0.25, 0.3) is 0 Å². The summed E-state index contributed by atoms with van der Waals surface area (Å²) in [5.74, 6) is -0.979. The molecule has 0 atom stereocenters. The number of nitrogens with one attached hydrogen (secondary N) is 1. The number of nitrogens with zero attached hydrogens (tertiary/aromatic N) is 1. The molecule has 2 aromatic rings. The molecule has 0 aliphatic heterocycles. The Bertz CT molecular complexity index is 672. The van der Waals surface area contributed by atoms with Gasteiger partial charge in [0, 0.05) is 5.69 Å². The first-order valence-electron chi connectivity index (χ1n) is 5.71. The maximum atomic E-state index is 10.9. The van der Waals surface area contributed by atoms with Gasteiger partial charge < -0.3 is 10.4 Å². The van der Waals surface area contributed by atoms with Crippen LogP contribution in [0.3, 0.4) is 0 Å². The Kier molecular flexibility index (Phi) is 3.48. The molecule has 0 spiro atoms. The molecule has 19 heavy (non-hydrogen) atoms. The second-order valence-electron chi connectivity index (χ2n) is 4.17. The molecule has 0 aromatic heterocycles. The molecule has 0 saturated carbocycles. The number of hydrogen-bond acceptors (Lipinski definition) is 3. The number of hydrogen-bond donors (Lipinski definition) is 2. The van der Waals surface area contributed by atoms with E-state index in [1.807, 2.05) is 13.0 Å². The third-order valence-electron chi connectivity index (χ3n) is 2.68. The SMILES string of the molecule is Cc1ccc(Nc2cccc(C(=O)O)c2)c(C#N)c1. The Labute approximate surface area is 110 Å². The zero-order valence-corrected chi connectivity index (χ0v) is 10.3. The smallest absolute Gasteiger partial charge is 0.335 e. The lowest BCUT2D eigenvalue weighted by molar-refractivity contribution is 0.0697. The molecule has 0 aliphatic carbocycles. The van der Waals surface area contributed by atoms with Gasteiger partial charge in [-0.15, -0.1) is 0 Å². The molecule has 0 amide bonds. The van der Waals surface area contributed by atoms with Crippen molar-refractivity contribution >= 4 is 17.3 Å². The molecule has 0 saturated heterocycles. The monoisotopic (exact) mass is 252 g/mol. The second-order valence-corrected chi connectivity index (χ2v) is 4.17. The number of benzene rings is 2. The summed E-state index contributed by atoms with van der Waals surface area (Å²) >= 11 is 0. The van der Waals surface area contributed by atoms with Gasteiger partial charge in [-0.25, -0.2) is 4.79 Å². The third kappa shape index (κ3) is 2.90. The first kappa shape index (κ1) is 12.7. The molecule has 0 heterocycles. The molecule has 94 valence electrons. The van der Waals surface area contributed by atoms with Crippen LogP contribution in [0.1, 0.15) is 21.5 Å². The number of carboxylic acid groups (broad SMARTS) is 1. The molecule has 2 rings (SSSR count). The minimum absolute atomic E-state index is 0.204. The Morgan fingerprint density at radius 3 is 2.74 bits per heavy atom. The topological polar surface area (TPSA) is 73.1 Å². The van der Waals surface area contributed by atoms with E-state index in [4.69, 9.17) is 10.4 Å².